The zero-order chi connectivity index (χ0) is 15.1. The summed E-state index contributed by atoms with van der Waals surface area (Å²) in [4.78, 5) is 0. The van der Waals surface area contributed by atoms with Crippen LogP contribution in [0.1, 0.15) is 30.9 Å². The van der Waals surface area contributed by atoms with Crippen molar-refractivity contribution in [2.45, 2.75) is 33.6 Å². The smallest absolute Gasteiger partial charge is 0.290 e. The minimum Gasteiger partial charge on any atom is -0.439 e. The van der Waals surface area contributed by atoms with Crippen LogP contribution in [0.5, 0.6) is 11.5 Å². The topological polar surface area (TPSA) is 18.5 Å². The van der Waals surface area contributed by atoms with E-state index in [1.54, 1.807) is 0 Å². The second-order valence-electron chi connectivity index (χ2n) is 5.22. The molecule has 0 saturated carbocycles. The fraction of sp³-hybridized carbons (Fsp3) is 0.333. The minimum absolute atomic E-state index is 0. The van der Waals surface area contributed by atoms with E-state index in [1.807, 2.05) is 24.3 Å². The third-order valence-corrected chi connectivity index (χ3v) is 4.66. The second-order valence-corrected chi connectivity index (χ2v) is 6.70. The lowest BCUT2D eigenvalue weighted by atomic mass is 10.2. The molecule has 0 bridgehead atoms. The van der Waals surface area contributed by atoms with Gasteiger partial charge in [-0.05, 0) is 44.5 Å². The first-order chi connectivity index (χ1) is 10.2. The third kappa shape index (κ3) is 6.37. The number of halogens is 1. The summed E-state index contributed by atoms with van der Waals surface area (Å²) < 4.78 is 12.1. The van der Waals surface area contributed by atoms with Gasteiger partial charge in [-0.2, -0.15) is 0 Å². The minimum atomic E-state index is -0.938. The number of aryl methyl sites for hydroxylation is 2. The van der Waals surface area contributed by atoms with Gasteiger partial charge in [0.05, 0.1) is 0 Å². The van der Waals surface area contributed by atoms with Crippen LogP contribution in [0.25, 0.3) is 0 Å². The molecule has 2 aromatic rings. The van der Waals surface area contributed by atoms with Gasteiger partial charge in [-0.3, -0.25) is 0 Å². The van der Waals surface area contributed by atoms with Crippen LogP contribution in [-0.2, 0) is 0 Å². The molecule has 120 valence electrons. The van der Waals surface area contributed by atoms with Crippen LogP contribution < -0.4 is 9.05 Å². The Morgan fingerprint density at radius 2 is 1.18 bits per heavy atom. The maximum absolute atomic E-state index is 6.05. The lowest BCUT2D eigenvalue weighted by Crippen LogP contribution is -2.00. The third-order valence-electron chi connectivity index (χ3n) is 3.15. The van der Waals surface area contributed by atoms with Crippen molar-refractivity contribution in [3.8, 4) is 11.5 Å². The average Bonchev–Trinajstić information content (AvgIpc) is 2.49. The molecule has 0 aliphatic carbocycles. The highest BCUT2D eigenvalue weighted by molar-refractivity contribution is 8.93. The summed E-state index contributed by atoms with van der Waals surface area (Å²) in [6.07, 6.45) is 3.21. The Morgan fingerprint density at radius 1 is 0.773 bits per heavy atom. The Bertz CT molecular complexity index is 493. The second kappa shape index (κ2) is 9.86. The molecule has 0 radical (unpaired) electrons. The van der Waals surface area contributed by atoms with E-state index < -0.39 is 8.38 Å². The first-order valence-electron chi connectivity index (χ1n) is 7.44. The molecule has 0 saturated heterocycles. The molecule has 0 unspecified atom stereocenters. The van der Waals surface area contributed by atoms with Crippen molar-refractivity contribution in [1.29, 1.82) is 0 Å². The quantitative estimate of drug-likeness (QED) is 0.512. The summed E-state index contributed by atoms with van der Waals surface area (Å²) in [7, 11) is -0.938. The summed E-state index contributed by atoms with van der Waals surface area (Å²) in [6, 6.07) is 16.3. The van der Waals surface area contributed by atoms with Crippen LogP contribution in [0.4, 0.5) is 0 Å². The molecule has 2 aromatic carbocycles. The Kier molecular flexibility index (Phi) is 8.52. The lowest BCUT2D eigenvalue weighted by Gasteiger charge is -2.18. The lowest BCUT2D eigenvalue weighted by molar-refractivity contribution is 0.486. The first-order valence-corrected chi connectivity index (χ1v) is 8.80. The maximum Gasteiger partial charge on any atom is 0.290 e. The van der Waals surface area contributed by atoms with Gasteiger partial charge in [0.1, 0.15) is 11.5 Å². The van der Waals surface area contributed by atoms with Gasteiger partial charge in [0.15, 0.2) is 0 Å². The SMILES string of the molecule is Br.CCCCP(Oc1ccc(C)cc1)Oc1ccc(C)cc1. The molecule has 2 nitrogen and oxygen atoms in total. The largest absolute Gasteiger partial charge is 0.439 e. The van der Waals surface area contributed by atoms with E-state index in [0.717, 1.165) is 30.5 Å². The predicted molar refractivity (Wildman–Crippen MR) is 101 cm³/mol. The maximum atomic E-state index is 6.05. The van der Waals surface area contributed by atoms with Crippen molar-refractivity contribution < 1.29 is 9.05 Å². The Balaban J connectivity index is 0.00000242. The normalized spacial score (nSPS) is 10.2. The standard InChI is InChI=1S/C18H23O2P.BrH/c1-4-5-14-21(19-17-10-6-15(2)7-11-17)20-18-12-8-16(3)9-13-18;/h6-13H,4-5,14H2,1-3H3;1H. The van der Waals surface area contributed by atoms with Crippen molar-refractivity contribution in [1.82, 2.24) is 0 Å². The summed E-state index contributed by atoms with van der Waals surface area (Å²) in [5, 5.41) is 0. The summed E-state index contributed by atoms with van der Waals surface area (Å²) in [5.74, 6) is 1.77. The van der Waals surface area contributed by atoms with E-state index in [1.165, 1.54) is 11.1 Å². The van der Waals surface area contributed by atoms with E-state index in [2.05, 4.69) is 45.0 Å². The van der Waals surface area contributed by atoms with Crippen LogP contribution in [0.2, 0.25) is 0 Å². The Hall–Kier alpha value is -1.05. The molecular weight excluding hydrogens is 359 g/mol. The van der Waals surface area contributed by atoms with E-state index in [4.69, 9.17) is 9.05 Å². The Labute approximate surface area is 145 Å². The average molecular weight is 383 g/mol. The number of hydrogen-bond donors (Lipinski definition) is 0. The fourth-order valence-corrected chi connectivity index (χ4v) is 3.34. The molecule has 0 aliphatic rings. The molecule has 22 heavy (non-hydrogen) atoms. The van der Waals surface area contributed by atoms with Crippen LogP contribution in [0.15, 0.2) is 48.5 Å². The molecule has 2 rings (SSSR count). The van der Waals surface area contributed by atoms with Crippen molar-refractivity contribution >= 4 is 25.4 Å². The zero-order valence-electron chi connectivity index (χ0n) is 13.4. The molecule has 0 atom stereocenters. The van der Waals surface area contributed by atoms with Gasteiger partial charge in [-0.25, -0.2) is 0 Å². The van der Waals surface area contributed by atoms with E-state index in [-0.39, 0.29) is 17.0 Å². The van der Waals surface area contributed by atoms with Crippen molar-refractivity contribution in [2.75, 3.05) is 6.16 Å². The highest BCUT2D eigenvalue weighted by atomic mass is 79.9. The number of unbranched alkanes of at least 4 members (excludes halogenated alkanes) is 1. The van der Waals surface area contributed by atoms with Crippen LogP contribution in [0, 0.1) is 13.8 Å². The number of hydrogen-bond acceptors (Lipinski definition) is 2. The summed E-state index contributed by atoms with van der Waals surface area (Å²) in [6.45, 7) is 6.34. The molecule has 0 heterocycles. The number of benzene rings is 2. The van der Waals surface area contributed by atoms with E-state index in [9.17, 15) is 0 Å². The monoisotopic (exact) mass is 382 g/mol. The summed E-state index contributed by atoms with van der Waals surface area (Å²) >= 11 is 0. The molecule has 0 N–H and O–H groups in total. The van der Waals surface area contributed by atoms with Crippen LogP contribution in [-0.4, -0.2) is 6.16 Å². The van der Waals surface area contributed by atoms with Crippen molar-refractivity contribution in [3.05, 3.63) is 59.7 Å². The highest BCUT2D eigenvalue weighted by Crippen LogP contribution is 2.41. The van der Waals surface area contributed by atoms with Crippen molar-refractivity contribution in [3.63, 3.8) is 0 Å². The fourth-order valence-electron chi connectivity index (χ4n) is 1.83. The molecule has 0 fully saturated rings. The number of rotatable bonds is 7. The van der Waals surface area contributed by atoms with Crippen molar-refractivity contribution in [2.24, 2.45) is 0 Å². The zero-order valence-corrected chi connectivity index (χ0v) is 16.0. The Morgan fingerprint density at radius 3 is 1.55 bits per heavy atom. The summed E-state index contributed by atoms with van der Waals surface area (Å²) in [5.41, 5.74) is 2.47. The van der Waals surface area contributed by atoms with Gasteiger partial charge in [0.25, 0.3) is 8.38 Å². The van der Waals surface area contributed by atoms with Gasteiger partial charge in [0, 0.05) is 6.16 Å². The highest BCUT2D eigenvalue weighted by Gasteiger charge is 2.14. The van der Waals surface area contributed by atoms with Crippen LogP contribution in [0.3, 0.4) is 0 Å². The molecular formula is C18H24BrO2P. The molecule has 0 spiro atoms. The molecule has 0 amide bonds. The van der Waals surface area contributed by atoms with E-state index >= 15 is 0 Å². The van der Waals surface area contributed by atoms with Gasteiger partial charge in [0.2, 0.25) is 0 Å². The molecule has 0 aliphatic heterocycles. The van der Waals surface area contributed by atoms with E-state index in [0.29, 0.717) is 0 Å². The van der Waals surface area contributed by atoms with Gasteiger partial charge in [-0.15, -0.1) is 17.0 Å². The van der Waals surface area contributed by atoms with Gasteiger partial charge >= 0.3 is 0 Å². The molecule has 0 aromatic heterocycles. The predicted octanol–water partition coefficient (Wildman–Crippen LogP) is 6.45. The van der Waals surface area contributed by atoms with Gasteiger partial charge in [-0.1, -0.05) is 48.7 Å². The molecule has 4 heteroatoms. The van der Waals surface area contributed by atoms with Crippen LogP contribution >= 0.6 is 25.4 Å². The first kappa shape index (κ1) is 19.0. The van der Waals surface area contributed by atoms with Gasteiger partial charge < -0.3 is 9.05 Å².